The summed E-state index contributed by atoms with van der Waals surface area (Å²) >= 11 is 0. The average molecular weight is 1430 g/mol. The highest BCUT2D eigenvalue weighted by Gasteiger charge is 2.60. The molecule has 588 valence electrons. The predicted molar refractivity (Wildman–Crippen MR) is 385 cm³/mol. The van der Waals surface area contributed by atoms with Crippen molar-refractivity contribution >= 4 is 17.8 Å². The van der Waals surface area contributed by atoms with Gasteiger partial charge in [0.25, 0.3) is 5.79 Å². The summed E-state index contributed by atoms with van der Waals surface area (Å²) in [6.07, 6.45) is 31.3. The van der Waals surface area contributed by atoms with Crippen LogP contribution in [0.4, 0.5) is 0 Å². The molecule has 0 aromatic rings. The predicted octanol–water partition coefficient (Wildman–Crippen LogP) is 10.2. The second kappa shape index (κ2) is 56.8. The first-order valence-electron chi connectivity index (χ1n) is 40.1. The lowest BCUT2D eigenvalue weighted by Crippen LogP contribution is -2.70. The van der Waals surface area contributed by atoms with Gasteiger partial charge < -0.3 is 100 Å². The molecule has 0 radical (unpaired) electrons. The lowest BCUT2D eigenvalue weighted by atomic mass is 9.88. The minimum atomic E-state index is -3.08. The number of hydrogen-bond donors (Lipinski definition) is 14. The van der Waals surface area contributed by atoms with E-state index in [-0.39, 0.29) is 12.3 Å². The lowest BCUT2D eigenvalue weighted by molar-refractivity contribution is -0.386. The first-order valence-corrected chi connectivity index (χ1v) is 40.1. The number of ether oxygens (including phenoxy) is 6. The number of aliphatic carboxylic acids is 1. The molecule has 18 unspecified atom stereocenters. The monoisotopic (exact) mass is 1430 g/mol. The lowest BCUT2D eigenvalue weighted by Gasteiger charge is -2.50. The number of aliphatic hydroxyl groups excluding tert-OH is 11. The molecular weight excluding hydrogens is 1290 g/mol. The van der Waals surface area contributed by atoms with Gasteiger partial charge in [-0.3, -0.25) is 9.59 Å². The fourth-order valence-corrected chi connectivity index (χ4v) is 14.1. The molecule has 0 bridgehead atoms. The van der Waals surface area contributed by atoms with Crippen LogP contribution in [0.25, 0.3) is 0 Å². The Kier molecular flexibility index (Phi) is 52.0. The number of allylic oxidation sites excluding steroid dienone is 1. The Balaban J connectivity index is 1.46. The van der Waals surface area contributed by atoms with Crippen LogP contribution in [-0.4, -0.2) is 215 Å². The highest BCUT2D eigenvalue weighted by Crippen LogP contribution is 2.39. The van der Waals surface area contributed by atoms with Gasteiger partial charge >= 0.3 is 5.97 Å². The number of unbranched alkanes of at least 4 members (excludes halogenated alkanes) is 43. The van der Waals surface area contributed by atoms with Gasteiger partial charge in [-0.2, -0.15) is 0 Å². The summed E-state index contributed by atoms with van der Waals surface area (Å²) in [5.41, 5.74) is 0. The van der Waals surface area contributed by atoms with E-state index in [1.54, 1.807) is 6.08 Å². The van der Waals surface area contributed by atoms with Crippen molar-refractivity contribution in [3.63, 3.8) is 0 Å². The Hall–Kier alpha value is -2.53. The number of hydrogen-bond acceptors (Lipinski definition) is 20. The zero-order valence-electron chi connectivity index (χ0n) is 62.1. The number of carboxylic acids is 1. The van der Waals surface area contributed by atoms with Gasteiger partial charge in [0, 0.05) is 19.8 Å². The Morgan fingerprint density at radius 2 is 0.930 bits per heavy atom. The van der Waals surface area contributed by atoms with Crippen LogP contribution in [0.5, 0.6) is 0 Å². The van der Waals surface area contributed by atoms with Gasteiger partial charge in [-0.15, -0.1) is 0 Å². The minimum absolute atomic E-state index is 0.205. The molecule has 0 spiro atoms. The fraction of sp³-hybridized carbons (Fsp3) is 0.935. The summed E-state index contributed by atoms with van der Waals surface area (Å²) in [7, 11) is 0. The van der Waals surface area contributed by atoms with Crippen LogP contribution in [0.1, 0.15) is 323 Å². The third-order valence-electron chi connectivity index (χ3n) is 20.5. The molecule has 3 aliphatic rings. The number of carbonyl (C=O) groups is 3. The largest absolute Gasteiger partial charge is 0.477 e. The van der Waals surface area contributed by atoms with Crippen molar-refractivity contribution in [1.29, 1.82) is 0 Å². The maximum Gasteiger partial charge on any atom is 0.364 e. The van der Waals surface area contributed by atoms with Crippen LogP contribution in [0, 0.1) is 0 Å². The van der Waals surface area contributed by atoms with E-state index in [4.69, 9.17) is 28.4 Å². The fourth-order valence-electron chi connectivity index (χ4n) is 14.1. The quantitative estimate of drug-likeness (QED) is 0.0199. The van der Waals surface area contributed by atoms with Crippen molar-refractivity contribution in [1.82, 2.24) is 10.6 Å². The van der Waals surface area contributed by atoms with Crippen molar-refractivity contribution in [3.8, 4) is 0 Å². The average Bonchev–Trinajstić information content (AvgIpc) is 0.755. The van der Waals surface area contributed by atoms with Crippen LogP contribution in [-0.2, 0) is 42.8 Å². The molecule has 3 rings (SSSR count). The Bertz CT molecular complexity index is 2050. The number of carbonyl (C=O) groups excluding carboxylic acids is 2. The van der Waals surface area contributed by atoms with E-state index in [0.717, 1.165) is 51.9 Å². The summed E-state index contributed by atoms with van der Waals surface area (Å²) in [4.78, 5) is 38.6. The number of nitrogens with one attached hydrogen (secondary N) is 2. The number of amides is 2. The third-order valence-corrected chi connectivity index (χ3v) is 20.5. The summed E-state index contributed by atoms with van der Waals surface area (Å²) < 4.78 is 34.9. The molecule has 14 N–H and O–H groups in total. The summed E-state index contributed by atoms with van der Waals surface area (Å²) in [6.45, 7) is 2.17. The van der Waals surface area contributed by atoms with Gasteiger partial charge in [-0.05, 0) is 19.3 Å². The van der Waals surface area contributed by atoms with Crippen LogP contribution in [0.15, 0.2) is 12.2 Å². The summed E-state index contributed by atoms with van der Waals surface area (Å²) in [6, 6.07) is -2.61. The van der Waals surface area contributed by atoms with Crippen molar-refractivity contribution in [2.45, 2.75) is 432 Å². The van der Waals surface area contributed by atoms with E-state index >= 15 is 0 Å². The molecule has 3 saturated heterocycles. The highest BCUT2D eigenvalue weighted by molar-refractivity contribution is 5.77. The molecule has 2 amide bonds. The molecule has 3 heterocycles. The highest BCUT2D eigenvalue weighted by atomic mass is 16.8. The normalized spacial score (nSPS) is 27.0. The molecule has 0 aliphatic carbocycles. The second-order valence-electron chi connectivity index (χ2n) is 29.3. The zero-order chi connectivity index (χ0) is 73.2. The van der Waals surface area contributed by atoms with Crippen LogP contribution < -0.4 is 10.6 Å². The van der Waals surface area contributed by atoms with Gasteiger partial charge in [0.1, 0.15) is 67.1 Å². The van der Waals surface area contributed by atoms with Gasteiger partial charge in [0.15, 0.2) is 12.6 Å². The van der Waals surface area contributed by atoms with E-state index in [1.165, 1.54) is 231 Å². The smallest absolute Gasteiger partial charge is 0.364 e. The molecule has 23 nitrogen and oxygen atoms in total. The molecule has 0 aromatic heterocycles. The van der Waals surface area contributed by atoms with Gasteiger partial charge in [0.2, 0.25) is 11.8 Å². The van der Waals surface area contributed by atoms with E-state index in [1.807, 2.05) is 6.08 Å². The summed E-state index contributed by atoms with van der Waals surface area (Å²) in [5, 5.41) is 136. The van der Waals surface area contributed by atoms with Crippen molar-refractivity contribution < 1.29 is 104 Å². The summed E-state index contributed by atoms with van der Waals surface area (Å²) in [5.74, 6) is -6.13. The molecule has 3 fully saturated rings. The third kappa shape index (κ3) is 37.1. The topological polar surface area (TPSA) is 373 Å². The molecule has 0 aromatic carbocycles. The van der Waals surface area contributed by atoms with Crippen LogP contribution in [0.2, 0.25) is 0 Å². The first kappa shape index (κ1) is 91.7. The van der Waals surface area contributed by atoms with Gasteiger partial charge in [0.05, 0.1) is 50.7 Å². The number of aliphatic hydroxyl groups is 11. The molecule has 3 aliphatic heterocycles. The molecule has 0 saturated carbocycles. The van der Waals surface area contributed by atoms with Crippen molar-refractivity contribution in [2.24, 2.45) is 0 Å². The standard InChI is InChI=1S/C77H144N2O21/c1-4-6-8-10-12-14-16-18-20-21-22-23-24-25-26-27-28-29-30-31-32-33-34-35-36-37-39-41-43-45-47-49-51-64(87)79-58(59(84)50-48-46-44-42-40-38-19-17-15-13-11-9-7-5-2)56-95-74-69(91)68(90)71(63(55-82)97-74)98-75-70(92)73(67(89)62(54-81)96-75)100-77(76(93)94)52-60(85)65(78-57(3)83)72(99-77)66(88)61(86)53-80/h48,50,58-63,65-75,80-82,84-86,88-92H,4-47,49,51-56H2,1-3H3,(H,78,83)(H,79,87)(H,93,94)/b50-48+. The SMILES string of the molecule is CCCCCCCCCCCCCC/C=C/C(O)C(COC1OC(CO)C(OC2OC(CO)C(O)C(OC3(C(=O)O)CC(O)C(NC(C)=O)C(C(O)C(O)CO)O3)C2O)C(O)C1O)NC(=O)CCCCCCCCCCCCCCCCCCCCCCCCCCCCCCCCCC. The zero-order valence-corrected chi connectivity index (χ0v) is 62.1. The minimum Gasteiger partial charge on any atom is -0.477 e. The molecule has 100 heavy (non-hydrogen) atoms. The molecular formula is C77H144N2O21. The van der Waals surface area contributed by atoms with Crippen LogP contribution in [0.3, 0.4) is 0 Å². The maximum atomic E-state index is 13.5. The van der Waals surface area contributed by atoms with Crippen LogP contribution >= 0.6 is 0 Å². The van der Waals surface area contributed by atoms with Gasteiger partial charge in [-0.25, -0.2) is 4.79 Å². The number of rotatable bonds is 63. The van der Waals surface area contributed by atoms with E-state index in [2.05, 4.69) is 24.5 Å². The molecule has 18 atom stereocenters. The van der Waals surface area contributed by atoms with Gasteiger partial charge in [-0.1, -0.05) is 296 Å². The van der Waals surface area contributed by atoms with Crippen molar-refractivity contribution in [3.05, 3.63) is 12.2 Å². The Morgan fingerprint density at radius 1 is 0.520 bits per heavy atom. The van der Waals surface area contributed by atoms with E-state index in [0.29, 0.717) is 12.8 Å². The second-order valence-corrected chi connectivity index (χ2v) is 29.3. The Labute approximate surface area is 601 Å². The number of carboxylic acid groups (broad SMARTS) is 1. The first-order chi connectivity index (χ1) is 48.4. The van der Waals surface area contributed by atoms with Crippen molar-refractivity contribution in [2.75, 3.05) is 26.4 Å². The maximum absolute atomic E-state index is 13.5. The van der Waals surface area contributed by atoms with E-state index < -0.39 is 155 Å². The Morgan fingerprint density at radius 3 is 1.33 bits per heavy atom. The van der Waals surface area contributed by atoms with E-state index in [9.17, 15) is 75.7 Å². The molecule has 23 heteroatoms.